The monoisotopic (exact) mass is 466 g/mol. The number of benzene rings is 2. The van der Waals surface area contributed by atoms with Gasteiger partial charge in [0.05, 0.1) is 16.8 Å². The van der Waals surface area contributed by atoms with E-state index in [0.717, 1.165) is 17.1 Å². The number of nitrogens with one attached hydrogen (secondary N) is 1. The molecule has 8 heteroatoms. The largest absolute Gasteiger partial charge is 0.351 e. The van der Waals surface area contributed by atoms with E-state index in [-0.39, 0.29) is 22.9 Å². The highest BCUT2D eigenvalue weighted by molar-refractivity contribution is 7.80. The zero-order valence-corrected chi connectivity index (χ0v) is 18.2. The number of hydrogen-bond acceptors (Lipinski definition) is 2. The summed E-state index contributed by atoms with van der Waals surface area (Å²) < 4.78 is 29.3. The maximum Gasteiger partial charge on any atom is 0.174 e. The van der Waals surface area contributed by atoms with Crippen molar-refractivity contribution in [2.24, 2.45) is 0 Å². The first-order valence-corrected chi connectivity index (χ1v) is 10.7. The van der Waals surface area contributed by atoms with Crippen LogP contribution in [0.15, 0.2) is 85.2 Å². The number of halogens is 3. The molecule has 0 bridgehead atoms. The van der Waals surface area contributed by atoms with Crippen LogP contribution in [0.5, 0.6) is 0 Å². The van der Waals surface area contributed by atoms with Crippen LogP contribution in [0.25, 0.3) is 5.69 Å². The van der Waals surface area contributed by atoms with Crippen LogP contribution in [0.1, 0.15) is 23.5 Å². The molecule has 1 aliphatic heterocycles. The molecule has 0 spiro atoms. The Labute approximate surface area is 194 Å². The summed E-state index contributed by atoms with van der Waals surface area (Å²) in [6.07, 6.45) is 3.62. The molecule has 4 nitrogen and oxygen atoms in total. The Balaban J connectivity index is 1.67. The number of aromatic nitrogens is 2. The zero-order valence-electron chi connectivity index (χ0n) is 16.6. The predicted molar refractivity (Wildman–Crippen MR) is 125 cm³/mol. The molecule has 0 aliphatic carbocycles. The Kier molecular flexibility index (Phi) is 5.36. The average molecular weight is 467 g/mol. The van der Waals surface area contributed by atoms with E-state index in [2.05, 4.69) is 10.3 Å². The maximum atomic E-state index is 13.8. The van der Waals surface area contributed by atoms with Crippen LogP contribution < -0.4 is 10.2 Å². The Morgan fingerprint density at radius 2 is 1.72 bits per heavy atom. The topological polar surface area (TPSA) is 33.1 Å². The Morgan fingerprint density at radius 3 is 2.44 bits per heavy atom. The molecule has 1 fully saturated rings. The average Bonchev–Trinajstić information content (AvgIpc) is 3.41. The SMILES string of the molecule is Fc1ccc(N2C(=S)NC(c3ccccn3)C2c2cccn2-c2ccc(F)c(Cl)c2)cc1. The number of pyridine rings is 1. The second-order valence-electron chi connectivity index (χ2n) is 7.37. The molecule has 0 amide bonds. The molecule has 1 N–H and O–H groups in total. The van der Waals surface area contributed by atoms with Crippen molar-refractivity contribution in [2.75, 3.05) is 4.90 Å². The van der Waals surface area contributed by atoms with Crippen molar-refractivity contribution in [1.82, 2.24) is 14.9 Å². The second kappa shape index (κ2) is 8.33. The molecule has 5 rings (SSSR count). The number of anilines is 1. The van der Waals surface area contributed by atoms with Gasteiger partial charge in [0.2, 0.25) is 0 Å². The molecule has 0 saturated carbocycles. The van der Waals surface area contributed by atoms with E-state index in [9.17, 15) is 8.78 Å². The summed E-state index contributed by atoms with van der Waals surface area (Å²) in [5.74, 6) is -0.805. The standard InChI is InChI=1S/C24H17ClF2N4S/c25-18-14-17(10-11-19(18)27)30-13-3-5-21(30)23-22(20-4-1-2-12-28-20)29-24(32)31(23)16-8-6-15(26)7-9-16/h1-14,22-23H,(H,29,32). The number of rotatable bonds is 4. The highest BCUT2D eigenvalue weighted by atomic mass is 35.5. The predicted octanol–water partition coefficient (Wildman–Crippen LogP) is 5.98. The molecule has 1 saturated heterocycles. The van der Waals surface area contributed by atoms with Crippen molar-refractivity contribution < 1.29 is 8.78 Å². The van der Waals surface area contributed by atoms with E-state index in [1.165, 1.54) is 18.2 Å². The van der Waals surface area contributed by atoms with Crippen LogP contribution in [0, 0.1) is 11.6 Å². The van der Waals surface area contributed by atoms with Crippen molar-refractivity contribution >= 4 is 34.6 Å². The fraction of sp³-hybridized carbons (Fsp3) is 0.0833. The highest BCUT2D eigenvalue weighted by Gasteiger charge is 2.42. The summed E-state index contributed by atoms with van der Waals surface area (Å²) in [7, 11) is 0. The van der Waals surface area contributed by atoms with Crippen molar-refractivity contribution in [3.05, 3.63) is 113 Å². The summed E-state index contributed by atoms with van der Waals surface area (Å²) in [4.78, 5) is 6.49. The number of thiocarbonyl (C=S) groups is 1. The van der Waals surface area contributed by atoms with Crippen LogP contribution in [0.2, 0.25) is 5.02 Å². The molecule has 2 unspecified atom stereocenters. The Morgan fingerprint density at radius 1 is 0.938 bits per heavy atom. The molecule has 2 aromatic heterocycles. The Bertz CT molecular complexity index is 1280. The van der Waals surface area contributed by atoms with Gasteiger partial charge in [-0.15, -0.1) is 0 Å². The highest BCUT2D eigenvalue weighted by Crippen LogP contribution is 2.42. The summed E-state index contributed by atoms with van der Waals surface area (Å²) in [6, 6.07) is 19.8. The van der Waals surface area contributed by atoms with Gasteiger partial charge >= 0.3 is 0 Å². The van der Waals surface area contributed by atoms with Gasteiger partial charge in [0, 0.05) is 29.5 Å². The third kappa shape index (κ3) is 3.63. The molecule has 160 valence electrons. The first-order valence-electron chi connectivity index (χ1n) is 9.92. The van der Waals surface area contributed by atoms with Crippen molar-refractivity contribution in [1.29, 1.82) is 0 Å². The minimum absolute atomic E-state index is 0.0406. The molecular formula is C24H17ClF2N4S. The summed E-state index contributed by atoms with van der Waals surface area (Å²) in [5, 5.41) is 3.92. The van der Waals surface area contributed by atoms with Crippen LogP contribution in [-0.2, 0) is 0 Å². The van der Waals surface area contributed by atoms with Gasteiger partial charge in [-0.05, 0) is 78.9 Å². The molecule has 32 heavy (non-hydrogen) atoms. The number of hydrogen-bond donors (Lipinski definition) is 1. The van der Waals surface area contributed by atoms with Gasteiger partial charge in [-0.3, -0.25) is 4.98 Å². The van der Waals surface area contributed by atoms with E-state index >= 15 is 0 Å². The normalized spacial score (nSPS) is 18.1. The van der Waals surface area contributed by atoms with Crippen LogP contribution >= 0.6 is 23.8 Å². The van der Waals surface area contributed by atoms with E-state index in [1.807, 2.05) is 46.0 Å². The van der Waals surface area contributed by atoms with Gasteiger partial charge in [0.15, 0.2) is 5.11 Å². The fourth-order valence-corrected chi connectivity index (χ4v) is 4.56. The molecule has 2 atom stereocenters. The third-order valence-corrected chi connectivity index (χ3v) is 6.07. The molecule has 0 radical (unpaired) electrons. The summed E-state index contributed by atoms with van der Waals surface area (Å²) >= 11 is 11.7. The lowest BCUT2D eigenvalue weighted by Crippen LogP contribution is -2.30. The van der Waals surface area contributed by atoms with Crippen molar-refractivity contribution in [2.45, 2.75) is 12.1 Å². The smallest absolute Gasteiger partial charge is 0.174 e. The van der Waals surface area contributed by atoms with Gasteiger partial charge in [0.25, 0.3) is 0 Å². The van der Waals surface area contributed by atoms with Gasteiger partial charge in [0.1, 0.15) is 17.7 Å². The lowest BCUT2D eigenvalue weighted by molar-refractivity contribution is 0.549. The third-order valence-electron chi connectivity index (χ3n) is 5.47. The second-order valence-corrected chi connectivity index (χ2v) is 8.17. The van der Waals surface area contributed by atoms with Gasteiger partial charge in [-0.2, -0.15) is 0 Å². The number of nitrogens with zero attached hydrogens (tertiary/aromatic N) is 3. The van der Waals surface area contributed by atoms with E-state index < -0.39 is 5.82 Å². The molecular weight excluding hydrogens is 450 g/mol. The Hall–Kier alpha value is -3.29. The lowest BCUT2D eigenvalue weighted by Gasteiger charge is -2.29. The van der Waals surface area contributed by atoms with E-state index in [1.54, 1.807) is 30.5 Å². The van der Waals surface area contributed by atoms with Gasteiger partial charge in [-0.25, -0.2) is 8.78 Å². The minimum Gasteiger partial charge on any atom is -0.351 e. The minimum atomic E-state index is -0.480. The fourth-order valence-electron chi connectivity index (χ4n) is 4.04. The lowest BCUT2D eigenvalue weighted by atomic mass is 10.0. The maximum absolute atomic E-state index is 13.8. The van der Waals surface area contributed by atoms with E-state index in [4.69, 9.17) is 23.8 Å². The van der Waals surface area contributed by atoms with Crippen LogP contribution in [-0.4, -0.2) is 14.7 Å². The zero-order chi connectivity index (χ0) is 22.2. The first kappa shape index (κ1) is 20.6. The molecule has 4 aromatic rings. The van der Waals surface area contributed by atoms with Gasteiger partial charge < -0.3 is 14.8 Å². The molecule has 1 aliphatic rings. The first-order chi connectivity index (χ1) is 15.5. The summed E-state index contributed by atoms with van der Waals surface area (Å²) in [5.41, 5.74) is 3.17. The van der Waals surface area contributed by atoms with Crippen molar-refractivity contribution in [3.63, 3.8) is 0 Å². The molecule has 3 heterocycles. The quantitative estimate of drug-likeness (QED) is 0.375. The van der Waals surface area contributed by atoms with Crippen LogP contribution in [0.3, 0.4) is 0 Å². The van der Waals surface area contributed by atoms with Gasteiger partial charge in [-0.1, -0.05) is 17.7 Å². The molecule has 2 aromatic carbocycles. The van der Waals surface area contributed by atoms with Crippen LogP contribution in [0.4, 0.5) is 14.5 Å². The summed E-state index contributed by atoms with van der Waals surface area (Å²) in [6.45, 7) is 0. The van der Waals surface area contributed by atoms with Crippen molar-refractivity contribution in [3.8, 4) is 5.69 Å². The van der Waals surface area contributed by atoms with E-state index in [0.29, 0.717) is 10.8 Å².